The molecule has 0 N–H and O–H groups in total. The molecule has 0 atom stereocenters. The fourth-order valence-electron chi connectivity index (χ4n) is 2.80. The van der Waals surface area contributed by atoms with Crippen LogP contribution in [0.5, 0.6) is 5.75 Å². The summed E-state index contributed by atoms with van der Waals surface area (Å²) in [5.74, 6) is 0.264. The molecule has 0 saturated carbocycles. The van der Waals surface area contributed by atoms with Crippen molar-refractivity contribution in [2.24, 2.45) is 0 Å². The highest BCUT2D eigenvalue weighted by atomic mass is 19.1. The Morgan fingerprint density at radius 3 is 2.26 bits per heavy atom. The Balaban J connectivity index is 1.68. The van der Waals surface area contributed by atoms with Crippen molar-refractivity contribution < 1.29 is 18.4 Å². The van der Waals surface area contributed by atoms with Gasteiger partial charge in [-0.05, 0) is 56.9 Å². The quantitative estimate of drug-likeness (QED) is 0.584. The van der Waals surface area contributed by atoms with Crippen molar-refractivity contribution >= 4 is 18.3 Å². The Bertz CT molecular complexity index is 843. The van der Waals surface area contributed by atoms with Crippen molar-refractivity contribution in [3.63, 3.8) is 0 Å². The van der Waals surface area contributed by atoms with Crippen LogP contribution < -0.4 is 10.2 Å². The topological polar surface area (TPSA) is 32.0 Å². The van der Waals surface area contributed by atoms with Gasteiger partial charge in [-0.15, -0.1) is 0 Å². The molecule has 0 bridgehead atoms. The predicted octanol–water partition coefficient (Wildman–Crippen LogP) is 4.30. The summed E-state index contributed by atoms with van der Waals surface area (Å²) in [5.41, 5.74) is 1.34. The van der Waals surface area contributed by atoms with Crippen LogP contribution in [-0.4, -0.2) is 24.9 Å². The summed E-state index contributed by atoms with van der Waals surface area (Å²) in [6, 6.07) is 11.7. The van der Waals surface area contributed by atoms with Crippen LogP contribution in [0.3, 0.4) is 0 Å². The van der Waals surface area contributed by atoms with Gasteiger partial charge in [-0.1, -0.05) is 24.3 Å². The monoisotopic (exact) mass is 367 g/mol. The molecular formula is C21H23BFNO3. The van der Waals surface area contributed by atoms with E-state index in [1.165, 1.54) is 12.1 Å². The van der Waals surface area contributed by atoms with Gasteiger partial charge in [-0.25, -0.2) is 9.24 Å². The molecule has 0 unspecified atom stereocenters. The number of hydrogen-bond donors (Lipinski definition) is 0. The Kier molecular flexibility index (Phi) is 5.28. The Labute approximate surface area is 160 Å². The highest BCUT2D eigenvalue weighted by molar-refractivity contribution is 6.62. The van der Waals surface area contributed by atoms with Crippen LogP contribution in [0.25, 0.3) is 4.85 Å². The minimum absolute atomic E-state index is 0.256. The second-order valence-corrected chi connectivity index (χ2v) is 7.65. The Morgan fingerprint density at radius 2 is 1.67 bits per heavy atom. The van der Waals surface area contributed by atoms with Gasteiger partial charge in [0.05, 0.1) is 24.4 Å². The van der Waals surface area contributed by atoms with Crippen molar-refractivity contribution in [1.29, 1.82) is 0 Å². The van der Waals surface area contributed by atoms with Gasteiger partial charge in [-0.2, -0.15) is 0 Å². The molecule has 6 heteroatoms. The molecule has 1 saturated heterocycles. The average Bonchev–Trinajstić information content (AvgIpc) is 2.84. The minimum Gasteiger partial charge on any atom is -0.504 e. The lowest BCUT2D eigenvalue weighted by Gasteiger charge is -2.32. The maximum atomic E-state index is 12.9. The van der Waals surface area contributed by atoms with Gasteiger partial charge in [-0.3, -0.25) is 0 Å². The first-order valence-corrected chi connectivity index (χ1v) is 8.96. The SMILES string of the molecule is [C-]#[N+]c1cc(B2OC(C)(C)C(C)(C)O2)ccc1OCCc1ccc(F)cc1. The van der Waals surface area contributed by atoms with Crippen LogP contribution in [0.2, 0.25) is 0 Å². The maximum Gasteiger partial charge on any atom is 0.493 e. The zero-order valence-electron chi connectivity index (χ0n) is 16.1. The lowest BCUT2D eigenvalue weighted by Crippen LogP contribution is -2.41. The van der Waals surface area contributed by atoms with E-state index in [0.29, 0.717) is 24.5 Å². The first-order valence-electron chi connectivity index (χ1n) is 8.96. The van der Waals surface area contributed by atoms with Crippen LogP contribution in [-0.2, 0) is 15.7 Å². The third-order valence-corrected chi connectivity index (χ3v) is 5.19. The van der Waals surface area contributed by atoms with Crippen LogP contribution in [0.15, 0.2) is 42.5 Å². The van der Waals surface area contributed by atoms with Crippen LogP contribution in [0.4, 0.5) is 10.1 Å². The zero-order chi connectivity index (χ0) is 19.7. The number of rotatable bonds is 5. The summed E-state index contributed by atoms with van der Waals surface area (Å²) in [5, 5.41) is 0. The molecular weight excluding hydrogens is 344 g/mol. The lowest BCUT2D eigenvalue weighted by atomic mass is 9.79. The summed E-state index contributed by atoms with van der Waals surface area (Å²) in [4.78, 5) is 3.58. The average molecular weight is 367 g/mol. The van der Waals surface area contributed by atoms with E-state index in [-0.39, 0.29) is 5.82 Å². The van der Waals surface area contributed by atoms with E-state index >= 15 is 0 Å². The first kappa shape index (κ1) is 19.4. The second kappa shape index (κ2) is 7.34. The maximum absolute atomic E-state index is 12.9. The Hall–Kier alpha value is -2.36. The van der Waals surface area contributed by atoms with Crippen LogP contribution in [0, 0.1) is 12.4 Å². The smallest absolute Gasteiger partial charge is 0.493 e. The third-order valence-electron chi connectivity index (χ3n) is 5.19. The Morgan fingerprint density at radius 1 is 1.04 bits per heavy atom. The van der Waals surface area contributed by atoms with Crippen LogP contribution in [0.1, 0.15) is 33.3 Å². The van der Waals surface area contributed by atoms with Gasteiger partial charge in [0.2, 0.25) is 5.69 Å². The van der Waals surface area contributed by atoms with E-state index in [1.54, 1.807) is 24.3 Å². The summed E-state index contributed by atoms with van der Waals surface area (Å²) < 4.78 is 30.8. The largest absolute Gasteiger partial charge is 0.504 e. The molecule has 1 aliphatic rings. The third kappa shape index (κ3) is 4.15. The fraction of sp³-hybridized carbons (Fsp3) is 0.381. The van der Waals surface area contributed by atoms with Gasteiger partial charge in [0, 0.05) is 6.42 Å². The van der Waals surface area contributed by atoms with Gasteiger partial charge in [0.15, 0.2) is 0 Å². The van der Waals surface area contributed by atoms with E-state index < -0.39 is 18.3 Å². The number of benzene rings is 2. The molecule has 2 aromatic carbocycles. The molecule has 2 aromatic rings. The van der Waals surface area contributed by atoms with E-state index in [1.807, 2.05) is 33.8 Å². The van der Waals surface area contributed by atoms with Gasteiger partial charge in [0.25, 0.3) is 0 Å². The first-order chi connectivity index (χ1) is 12.7. The number of hydrogen-bond acceptors (Lipinski definition) is 3. The minimum atomic E-state index is -0.510. The van der Waals surface area contributed by atoms with Crippen LogP contribution >= 0.6 is 0 Å². The molecule has 0 aliphatic carbocycles. The van der Waals surface area contributed by atoms with Crippen molar-refractivity contribution in [3.05, 3.63) is 65.3 Å². The standard InChI is InChI=1S/C21H23BFNO3/c1-20(2)21(3,4)27-22(26-20)16-8-11-19(18(14-16)24-5)25-13-12-15-6-9-17(23)10-7-15/h6-11,14H,12-13H2,1-4H3. The fourth-order valence-corrected chi connectivity index (χ4v) is 2.80. The molecule has 0 spiro atoms. The highest BCUT2D eigenvalue weighted by Gasteiger charge is 2.51. The normalized spacial score (nSPS) is 17.6. The zero-order valence-corrected chi connectivity index (χ0v) is 16.1. The van der Waals surface area contributed by atoms with Gasteiger partial charge in [0.1, 0.15) is 11.6 Å². The molecule has 0 amide bonds. The second-order valence-electron chi connectivity index (χ2n) is 7.65. The van der Waals surface area contributed by atoms with E-state index in [9.17, 15) is 4.39 Å². The summed E-state index contributed by atoms with van der Waals surface area (Å²) in [6.45, 7) is 15.8. The highest BCUT2D eigenvalue weighted by Crippen LogP contribution is 2.37. The number of nitrogens with zero attached hydrogens (tertiary/aromatic N) is 1. The molecule has 1 fully saturated rings. The van der Waals surface area contributed by atoms with E-state index in [0.717, 1.165) is 11.0 Å². The summed E-state index contributed by atoms with van der Waals surface area (Å²) >= 11 is 0. The predicted molar refractivity (Wildman–Crippen MR) is 104 cm³/mol. The molecule has 140 valence electrons. The molecule has 0 radical (unpaired) electrons. The molecule has 4 nitrogen and oxygen atoms in total. The number of halogens is 1. The van der Waals surface area contributed by atoms with Crippen molar-refractivity contribution in [1.82, 2.24) is 0 Å². The molecule has 0 aromatic heterocycles. The van der Waals surface area contributed by atoms with Gasteiger partial charge >= 0.3 is 7.12 Å². The molecule has 3 rings (SSSR count). The van der Waals surface area contributed by atoms with E-state index in [2.05, 4.69) is 4.85 Å². The lowest BCUT2D eigenvalue weighted by molar-refractivity contribution is 0.00578. The van der Waals surface area contributed by atoms with Crippen molar-refractivity contribution in [2.45, 2.75) is 45.3 Å². The summed E-state index contributed by atoms with van der Waals surface area (Å²) in [7, 11) is -0.510. The summed E-state index contributed by atoms with van der Waals surface area (Å²) in [6.07, 6.45) is 0.636. The van der Waals surface area contributed by atoms with E-state index in [4.69, 9.17) is 20.6 Å². The van der Waals surface area contributed by atoms with Gasteiger partial charge < -0.3 is 14.0 Å². The van der Waals surface area contributed by atoms with Crippen molar-refractivity contribution in [3.8, 4) is 5.75 Å². The van der Waals surface area contributed by atoms with Crippen molar-refractivity contribution in [2.75, 3.05) is 6.61 Å². The molecule has 27 heavy (non-hydrogen) atoms. The molecule has 1 heterocycles. The molecule has 1 aliphatic heterocycles. The number of ether oxygens (including phenoxy) is 1.